The van der Waals surface area contributed by atoms with E-state index in [0.29, 0.717) is 16.9 Å². The molecule has 2 aromatic rings. The van der Waals surface area contributed by atoms with Gasteiger partial charge >= 0.3 is 6.03 Å². The summed E-state index contributed by atoms with van der Waals surface area (Å²) in [6.45, 7) is 4.72. The molecule has 0 spiro atoms. The Kier molecular flexibility index (Phi) is 5.70. The highest BCUT2D eigenvalue weighted by Gasteiger charge is 2.49. The van der Waals surface area contributed by atoms with Crippen molar-refractivity contribution < 1.29 is 24.2 Å². The first kappa shape index (κ1) is 20.5. The standard InChI is InChI=1S/C22H24N2O5/c1-14-7-9-17(10-8-14)22(3)20(27)24(21(28)23-22)12-18(26)13-29-19-6-4-5-16(11-19)15(2)25/h4-11,18,26H,12-13H2,1-3H3,(H,23,28)/t18-,22-/m0/s1. The first-order chi connectivity index (χ1) is 13.7. The van der Waals surface area contributed by atoms with Crippen LogP contribution in [-0.2, 0) is 10.3 Å². The Morgan fingerprint density at radius 1 is 1.21 bits per heavy atom. The molecule has 1 aliphatic heterocycles. The zero-order chi connectivity index (χ0) is 21.2. The summed E-state index contributed by atoms with van der Waals surface area (Å²) in [5.41, 5.74) is 1.05. The number of rotatable bonds is 7. The normalized spacial score (nSPS) is 19.8. The lowest BCUT2D eigenvalue weighted by Gasteiger charge is -2.23. The van der Waals surface area contributed by atoms with Crippen molar-refractivity contribution in [3.8, 4) is 5.75 Å². The summed E-state index contributed by atoms with van der Waals surface area (Å²) in [5, 5.41) is 13.0. The maximum absolute atomic E-state index is 12.9. The molecule has 2 aromatic carbocycles. The number of amides is 3. The van der Waals surface area contributed by atoms with E-state index in [1.54, 1.807) is 43.3 Å². The Hall–Kier alpha value is -3.19. The quantitative estimate of drug-likeness (QED) is 0.553. The molecule has 0 bridgehead atoms. The lowest BCUT2D eigenvalue weighted by molar-refractivity contribution is -0.132. The van der Waals surface area contributed by atoms with Crippen LogP contribution in [0, 0.1) is 6.92 Å². The molecule has 1 fully saturated rings. The molecule has 0 unspecified atom stereocenters. The molecule has 29 heavy (non-hydrogen) atoms. The van der Waals surface area contributed by atoms with Crippen molar-refractivity contribution in [2.45, 2.75) is 32.4 Å². The molecule has 7 heteroatoms. The first-order valence-electron chi connectivity index (χ1n) is 9.34. The lowest BCUT2D eigenvalue weighted by Crippen LogP contribution is -2.42. The van der Waals surface area contributed by atoms with E-state index in [1.165, 1.54) is 6.92 Å². The average molecular weight is 396 g/mol. The summed E-state index contributed by atoms with van der Waals surface area (Å²) in [6, 6.07) is 13.4. The molecule has 0 radical (unpaired) electrons. The molecule has 152 valence electrons. The van der Waals surface area contributed by atoms with E-state index in [1.807, 2.05) is 19.1 Å². The number of aliphatic hydroxyl groups is 1. The number of Topliss-reactive ketones (excluding diaryl/α,β-unsaturated/α-hetero) is 1. The number of imide groups is 1. The smallest absolute Gasteiger partial charge is 0.325 e. The summed E-state index contributed by atoms with van der Waals surface area (Å²) >= 11 is 0. The molecule has 1 aliphatic rings. The maximum Gasteiger partial charge on any atom is 0.325 e. The largest absolute Gasteiger partial charge is 0.491 e. The molecule has 3 rings (SSSR count). The minimum Gasteiger partial charge on any atom is -0.491 e. The van der Waals surface area contributed by atoms with Gasteiger partial charge in [0.05, 0.1) is 6.54 Å². The first-order valence-corrected chi connectivity index (χ1v) is 9.34. The van der Waals surface area contributed by atoms with Crippen LogP contribution < -0.4 is 10.1 Å². The second-order valence-corrected chi connectivity index (χ2v) is 7.39. The number of nitrogens with one attached hydrogen (secondary N) is 1. The van der Waals surface area contributed by atoms with Gasteiger partial charge in [0, 0.05) is 5.56 Å². The fourth-order valence-electron chi connectivity index (χ4n) is 3.21. The van der Waals surface area contributed by atoms with Crippen molar-refractivity contribution in [1.29, 1.82) is 0 Å². The van der Waals surface area contributed by atoms with Gasteiger partial charge < -0.3 is 15.2 Å². The van der Waals surface area contributed by atoms with Crippen LogP contribution in [0.3, 0.4) is 0 Å². The minimum atomic E-state index is -1.18. The number of carbonyl (C=O) groups excluding carboxylic acids is 3. The Bertz CT molecular complexity index is 940. The van der Waals surface area contributed by atoms with Gasteiger partial charge in [0.25, 0.3) is 5.91 Å². The van der Waals surface area contributed by atoms with E-state index < -0.39 is 23.6 Å². The third-order valence-corrected chi connectivity index (χ3v) is 4.98. The van der Waals surface area contributed by atoms with Gasteiger partial charge in [0.2, 0.25) is 0 Å². The number of aliphatic hydroxyl groups excluding tert-OH is 1. The maximum atomic E-state index is 12.9. The van der Waals surface area contributed by atoms with E-state index in [-0.39, 0.29) is 18.9 Å². The molecule has 0 aliphatic carbocycles. The van der Waals surface area contributed by atoms with Gasteiger partial charge in [0.1, 0.15) is 24.0 Å². The van der Waals surface area contributed by atoms with Crippen LogP contribution in [0.15, 0.2) is 48.5 Å². The van der Waals surface area contributed by atoms with Crippen molar-refractivity contribution in [3.05, 3.63) is 65.2 Å². The van der Waals surface area contributed by atoms with E-state index in [0.717, 1.165) is 10.5 Å². The zero-order valence-electron chi connectivity index (χ0n) is 16.6. The van der Waals surface area contributed by atoms with Crippen molar-refractivity contribution in [2.24, 2.45) is 0 Å². The van der Waals surface area contributed by atoms with E-state index in [2.05, 4.69) is 5.32 Å². The summed E-state index contributed by atoms with van der Waals surface area (Å²) in [4.78, 5) is 37.7. The number of ketones is 1. The van der Waals surface area contributed by atoms with Crippen LogP contribution in [0.4, 0.5) is 4.79 Å². The molecule has 0 aromatic heterocycles. The van der Waals surface area contributed by atoms with Gasteiger partial charge in [-0.3, -0.25) is 14.5 Å². The number of β-amino-alcohol motifs (C(OH)–C–C–N with tert-alkyl or cyclic N) is 1. The number of benzene rings is 2. The Morgan fingerprint density at radius 2 is 1.90 bits per heavy atom. The van der Waals surface area contributed by atoms with Crippen LogP contribution in [0.2, 0.25) is 0 Å². The number of aryl methyl sites for hydroxylation is 1. The summed E-state index contributed by atoms with van der Waals surface area (Å²) in [6.07, 6.45) is -1.08. The molecule has 1 heterocycles. The number of carbonyl (C=O) groups is 3. The van der Waals surface area contributed by atoms with Crippen molar-refractivity contribution in [2.75, 3.05) is 13.2 Å². The highest BCUT2D eigenvalue weighted by atomic mass is 16.5. The molecule has 3 amide bonds. The monoisotopic (exact) mass is 396 g/mol. The Morgan fingerprint density at radius 3 is 2.55 bits per heavy atom. The predicted molar refractivity (Wildman–Crippen MR) is 107 cm³/mol. The van der Waals surface area contributed by atoms with Crippen LogP contribution in [-0.4, -0.2) is 47.0 Å². The molecule has 2 atom stereocenters. The third-order valence-electron chi connectivity index (χ3n) is 4.98. The summed E-state index contributed by atoms with van der Waals surface area (Å²) < 4.78 is 5.52. The van der Waals surface area contributed by atoms with Crippen molar-refractivity contribution in [1.82, 2.24) is 10.2 Å². The van der Waals surface area contributed by atoms with Gasteiger partial charge in [0.15, 0.2) is 5.78 Å². The van der Waals surface area contributed by atoms with Crippen LogP contribution in [0.5, 0.6) is 5.75 Å². The second kappa shape index (κ2) is 8.05. The zero-order valence-corrected chi connectivity index (χ0v) is 16.6. The Labute approximate surface area is 169 Å². The molecular formula is C22H24N2O5. The average Bonchev–Trinajstić information content (AvgIpc) is 2.91. The number of ether oxygens (including phenoxy) is 1. The molecular weight excluding hydrogens is 372 g/mol. The van der Waals surface area contributed by atoms with E-state index >= 15 is 0 Å². The third kappa shape index (κ3) is 4.30. The SMILES string of the molecule is CC(=O)c1cccc(OC[C@@H](O)CN2C(=O)N[C@@](C)(c3ccc(C)cc3)C2=O)c1. The summed E-state index contributed by atoms with van der Waals surface area (Å²) in [7, 11) is 0. The number of hydrogen-bond acceptors (Lipinski definition) is 5. The van der Waals surface area contributed by atoms with Crippen LogP contribution >= 0.6 is 0 Å². The highest BCUT2D eigenvalue weighted by molar-refractivity contribution is 6.07. The van der Waals surface area contributed by atoms with E-state index in [9.17, 15) is 19.5 Å². The van der Waals surface area contributed by atoms with E-state index in [4.69, 9.17) is 4.74 Å². The number of hydrogen-bond donors (Lipinski definition) is 2. The minimum absolute atomic E-state index is 0.0919. The second-order valence-electron chi connectivity index (χ2n) is 7.39. The fourth-order valence-corrected chi connectivity index (χ4v) is 3.21. The molecule has 1 saturated heterocycles. The Balaban J connectivity index is 1.64. The van der Waals surface area contributed by atoms with Gasteiger partial charge in [-0.25, -0.2) is 4.79 Å². The highest BCUT2D eigenvalue weighted by Crippen LogP contribution is 2.29. The number of nitrogens with zero attached hydrogens (tertiary/aromatic N) is 1. The van der Waals surface area contributed by atoms with Gasteiger partial charge in [-0.2, -0.15) is 0 Å². The van der Waals surface area contributed by atoms with Gasteiger partial charge in [-0.05, 0) is 38.5 Å². The lowest BCUT2D eigenvalue weighted by atomic mass is 9.91. The molecule has 2 N–H and O–H groups in total. The molecule has 0 saturated carbocycles. The van der Waals surface area contributed by atoms with Gasteiger partial charge in [-0.1, -0.05) is 42.0 Å². The number of urea groups is 1. The van der Waals surface area contributed by atoms with Crippen molar-refractivity contribution >= 4 is 17.7 Å². The summed E-state index contributed by atoms with van der Waals surface area (Å²) in [5.74, 6) is -0.0897. The van der Waals surface area contributed by atoms with Crippen LogP contribution in [0.25, 0.3) is 0 Å². The van der Waals surface area contributed by atoms with Crippen molar-refractivity contribution in [3.63, 3.8) is 0 Å². The molecule has 7 nitrogen and oxygen atoms in total. The topological polar surface area (TPSA) is 95.9 Å². The van der Waals surface area contributed by atoms with Gasteiger partial charge in [-0.15, -0.1) is 0 Å². The predicted octanol–water partition coefficient (Wildman–Crippen LogP) is 2.40. The fraction of sp³-hybridized carbons (Fsp3) is 0.318. The van der Waals surface area contributed by atoms with Crippen LogP contribution in [0.1, 0.15) is 35.3 Å².